The van der Waals surface area contributed by atoms with E-state index < -0.39 is 34.9 Å². The maximum atomic E-state index is 13.5. The van der Waals surface area contributed by atoms with Gasteiger partial charge in [0, 0.05) is 19.8 Å². The lowest BCUT2D eigenvalue weighted by Crippen LogP contribution is -2.27. The van der Waals surface area contributed by atoms with E-state index in [-0.39, 0.29) is 6.54 Å². The first kappa shape index (κ1) is 15.0. The standard InChI is InChI=1S/C14H10F4N2O/c1-20(7-8-2-3-10(15)11(16)6-8)14(21)9-4-5-19-13(18)12(9)17/h2-6H,7H2,1H3. The number of nitrogens with zero attached hydrogens (tertiary/aromatic N) is 2. The highest BCUT2D eigenvalue weighted by Crippen LogP contribution is 2.14. The number of amides is 1. The van der Waals surface area contributed by atoms with Gasteiger partial charge in [0.15, 0.2) is 17.5 Å². The highest BCUT2D eigenvalue weighted by Gasteiger charge is 2.19. The Morgan fingerprint density at radius 2 is 1.86 bits per heavy atom. The predicted octanol–water partition coefficient (Wildman–Crippen LogP) is 2.91. The Kier molecular flexibility index (Phi) is 4.21. The molecule has 2 rings (SSSR count). The fraction of sp³-hybridized carbons (Fsp3) is 0.143. The number of aromatic nitrogens is 1. The first-order chi connectivity index (χ1) is 9.90. The number of pyridine rings is 1. The summed E-state index contributed by atoms with van der Waals surface area (Å²) in [5, 5.41) is 0. The zero-order chi connectivity index (χ0) is 15.6. The number of carbonyl (C=O) groups excluding carboxylic acids is 1. The fourth-order valence-electron chi connectivity index (χ4n) is 1.77. The van der Waals surface area contributed by atoms with Gasteiger partial charge in [-0.2, -0.15) is 4.39 Å². The van der Waals surface area contributed by atoms with Crippen molar-refractivity contribution < 1.29 is 22.4 Å². The smallest absolute Gasteiger partial charge is 0.257 e. The molecule has 21 heavy (non-hydrogen) atoms. The molecule has 2 aromatic rings. The molecule has 1 amide bonds. The number of rotatable bonds is 3. The molecule has 0 aliphatic heterocycles. The summed E-state index contributed by atoms with van der Waals surface area (Å²) in [4.78, 5) is 16.1. The molecule has 0 unspecified atom stereocenters. The van der Waals surface area contributed by atoms with E-state index in [0.29, 0.717) is 5.56 Å². The molecule has 1 heterocycles. The van der Waals surface area contributed by atoms with Gasteiger partial charge in [-0.1, -0.05) is 6.07 Å². The molecule has 0 aliphatic carbocycles. The lowest BCUT2D eigenvalue weighted by molar-refractivity contribution is 0.0778. The minimum absolute atomic E-state index is 0.0839. The monoisotopic (exact) mass is 298 g/mol. The molecule has 0 saturated carbocycles. The van der Waals surface area contributed by atoms with Gasteiger partial charge in [0.1, 0.15) is 0 Å². The minimum Gasteiger partial charge on any atom is -0.337 e. The van der Waals surface area contributed by atoms with Crippen LogP contribution >= 0.6 is 0 Å². The highest BCUT2D eigenvalue weighted by molar-refractivity contribution is 5.94. The van der Waals surface area contributed by atoms with Crippen LogP contribution in [0.2, 0.25) is 0 Å². The van der Waals surface area contributed by atoms with Gasteiger partial charge < -0.3 is 4.90 Å². The predicted molar refractivity (Wildman–Crippen MR) is 66.3 cm³/mol. The Hall–Kier alpha value is -2.44. The SMILES string of the molecule is CN(Cc1ccc(F)c(F)c1)C(=O)c1ccnc(F)c1F. The lowest BCUT2D eigenvalue weighted by atomic mass is 10.1. The van der Waals surface area contributed by atoms with Crippen molar-refractivity contribution in [2.75, 3.05) is 7.05 Å². The van der Waals surface area contributed by atoms with Crippen LogP contribution in [0, 0.1) is 23.4 Å². The van der Waals surface area contributed by atoms with Crippen LogP contribution in [0.4, 0.5) is 17.6 Å². The third-order valence-corrected chi connectivity index (χ3v) is 2.83. The maximum Gasteiger partial charge on any atom is 0.257 e. The molecular formula is C14H10F4N2O. The zero-order valence-electron chi connectivity index (χ0n) is 10.9. The molecule has 3 nitrogen and oxygen atoms in total. The second kappa shape index (κ2) is 5.90. The minimum atomic E-state index is -1.37. The van der Waals surface area contributed by atoms with Crippen molar-refractivity contribution in [3.05, 3.63) is 65.0 Å². The second-order valence-electron chi connectivity index (χ2n) is 4.37. The summed E-state index contributed by atoms with van der Waals surface area (Å²) in [6.45, 7) is -0.0839. The number of benzene rings is 1. The number of carbonyl (C=O) groups is 1. The molecule has 1 aromatic heterocycles. The molecule has 0 saturated heterocycles. The third-order valence-electron chi connectivity index (χ3n) is 2.83. The summed E-state index contributed by atoms with van der Waals surface area (Å²) in [5.74, 6) is -5.57. The van der Waals surface area contributed by atoms with E-state index in [1.165, 1.54) is 13.1 Å². The van der Waals surface area contributed by atoms with E-state index in [0.717, 1.165) is 29.3 Å². The van der Waals surface area contributed by atoms with Crippen LogP contribution < -0.4 is 0 Å². The van der Waals surface area contributed by atoms with Crippen molar-refractivity contribution in [3.8, 4) is 0 Å². The van der Waals surface area contributed by atoms with Crippen LogP contribution in [-0.4, -0.2) is 22.8 Å². The van der Waals surface area contributed by atoms with Crippen molar-refractivity contribution in [2.45, 2.75) is 6.54 Å². The van der Waals surface area contributed by atoms with Crippen LogP contribution in [-0.2, 0) is 6.54 Å². The summed E-state index contributed by atoms with van der Waals surface area (Å²) in [5.41, 5.74) is -0.160. The van der Waals surface area contributed by atoms with Crippen LogP contribution in [0.5, 0.6) is 0 Å². The molecule has 0 atom stereocenters. The molecular weight excluding hydrogens is 288 g/mol. The van der Waals surface area contributed by atoms with Gasteiger partial charge >= 0.3 is 0 Å². The normalized spacial score (nSPS) is 10.5. The lowest BCUT2D eigenvalue weighted by Gasteiger charge is -2.17. The first-order valence-corrected chi connectivity index (χ1v) is 5.89. The Bertz CT molecular complexity index is 691. The van der Waals surface area contributed by atoms with Crippen LogP contribution in [0.3, 0.4) is 0 Å². The molecule has 1 aromatic carbocycles. The summed E-state index contributed by atoms with van der Waals surface area (Å²) in [6, 6.07) is 4.20. The second-order valence-corrected chi connectivity index (χ2v) is 4.37. The molecule has 0 fully saturated rings. The van der Waals surface area contributed by atoms with Crippen molar-refractivity contribution in [2.24, 2.45) is 0 Å². The maximum absolute atomic E-state index is 13.5. The number of hydrogen-bond acceptors (Lipinski definition) is 2. The van der Waals surface area contributed by atoms with E-state index in [2.05, 4.69) is 4.98 Å². The summed E-state index contributed by atoms with van der Waals surface area (Å²) in [7, 11) is 1.33. The number of hydrogen-bond donors (Lipinski definition) is 0. The van der Waals surface area contributed by atoms with E-state index in [9.17, 15) is 22.4 Å². The van der Waals surface area contributed by atoms with E-state index >= 15 is 0 Å². The third kappa shape index (κ3) is 3.18. The van der Waals surface area contributed by atoms with Crippen molar-refractivity contribution in [3.63, 3.8) is 0 Å². The first-order valence-electron chi connectivity index (χ1n) is 5.89. The van der Waals surface area contributed by atoms with Gasteiger partial charge in [0.05, 0.1) is 5.56 Å². The molecule has 0 radical (unpaired) electrons. The van der Waals surface area contributed by atoms with Gasteiger partial charge in [-0.25, -0.2) is 18.2 Å². The Morgan fingerprint density at radius 3 is 2.52 bits per heavy atom. The molecule has 110 valence electrons. The highest BCUT2D eigenvalue weighted by atomic mass is 19.2. The van der Waals surface area contributed by atoms with Crippen LogP contribution in [0.1, 0.15) is 15.9 Å². The average molecular weight is 298 g/mol. The summed E-state index contributed by atoms with van der Waals surface area (Å²) < 4.78 is 52.3. The van der Waals surface area contributed by atoms with Crippen molar-refractivity contribution in [1.82, 2.24) is 9.88 Å². The van der Waals surface area contributed by atoms with Gasteiger partial charge in [-0.05, 0) is 23.8 Å². The average Bonchev–Trinajstić information content (AvgIpc) is 2.45. The van der Waals surface area contributed by atoms with E-state index in [4.69, 9.17) is 0 Å². The van der Waals surface area contributed by atoms with Gasteiger partial charge in [-0.3, -0.25) is 4.79 Å². The summed E-state index contributed by atoms with van der Waals surface area (Å²) in [6.07, 6.45) is 0.969. The van der Waals surface area contributed by atoms with Gasteiger partial charge in [0.25, 0.3) is 5.91 Å². The Balaban J connectivity index is 2.19. The molecule has 0 aliphatic rings. The van der Waals surface area contributed by atoms with Gasteiger partial charge in [-0.15, -0.1) is 0 Å². The molecule has 7 heteroatoms. The zero-order valence-corrected chi connectivity index (χ0v) is 10.9. The number of halogens is 4. The molecule has 0 bridgehead atoms. The molecule has 0 spiro atoms. The summed E-state index contributed by atoms with van der Waals surface area (Å²) >= 11 is 0. The quantitative estimate of drug-likeness (QED) is 0.645. The Labute approximate surface area is 117 Å². The van der Waals surface area contributed by atoms with Crippen LogP contribution in [0.15, 0.2) is 30.5 Å². The van der Waals surface area contributed by atoms with Crippen LogP contribution in [0.25, 0.3) is 0 Å². The van der Waals surface area contributed by atoms with Gasteiger partial charge in [0.2, 0.25) is 5.95 Å². The van der Waals surface area contributed by atoms with Crippen molar-refractivity contribution >= 4 is 5.91 Å². The van der Waals surface area contributed by atoms with E-state index in [1.807, 2.05) is 0 Å². The van der Waals surface area contributed by atoms with E-state index in [1.54, 1.807) is 0 Å². The largest absolute Gasteiger partial charge is 0.337 e. The molecule has 0 N–H and O–H groups in total. The topological polar surface area (TPSA) is 33.2 Å². The van der Waals surface area contributed by atoms with Crippen molar-refractivity contribution in [1.29, 1.82) is 0 Å². The Morgan fingerprint density at radius 1 is 1.14 bits per heavy atom. The fourth-order valence-corrected chi connectivity index (χ4v) is 1.77.